The lowest BCUT2D eigenvalue weighted by Crippen LogP contribution is -2.38. The Balaban J connectivity index is 2.54. The van der Waals surface area contributed by atoms with Crippen molar-refractivity contribution in [3.63, 3.8) is 0 Å². The Morgan fingerprint density at radius 2 is 1.57 bits per heavy atom. The molecule has 0 heterocycles. The van der Waals surface area contributed by atoms with Gasteiger partial charge >= 0.3 is 12.4 Å². The molecule has 1 unspecified atom stereocenters. The van der Waals surface area contributed by atoms with Crippen molar-refractivity contribution < 1.29 is 43.9 Å². The molecule has 0 aliphatic rings. The van der Waals surface area contributed by atoms with Gasteiger partial charge in [-0.25, -0.2) is 12.8 Å². The number of nitrogens with one attached hydrogen (secondary N) is 1. The van der Waals surface area contributed by atoms with Crippen LogP contribution in [0.2, 0.25) is 15.1 Å². The van der Waals surface area contributed by atoms with E-state index >= 15 is 0 Å². The van der Waals surface area contributed by atoms with E-state index in [1.165, 1.54) is 6.92 Å². The second-order valence-corrected chi connectivity index (χ2v) is 11.4. The normalized spacial score (nSPS) is 14.9. The minimum atomic E-state index is -5.20. The summed E-state index contributed by atoms with van der Waals surface area (Å²) in [4.78, 5) is 12.4. The highest BCUT2D eigenvalue weighted by Crippen LogP contribution is 2.42. The fraction of sp³-hybridized carbons (Fsp3) is 0.318. The van der Waals surface area contributed by atoms with Crippen molar-refractivity contribution in [1.29, 1.82) is 0 Å². The minimum Gasteiger partial charge on any atom is -0.349 e. The minimum absolute atomic E-state index is 0.0410. The molecule has 0 radical (unpaired) electrons. The van der Waals surface area contributed by atoms with Gasteiger partial charge in [0.05, 0.1) is 31.9 Å². The molecule has 0 aliphatic carbocycles. The summed E-state index contributed by atoms with van der Waals surface area (Å²) in [5, 5.41) is 1.14. The van der Waals surface area contributed by atoms with E-state index in [0.29, 0.717) is 12.1 Å². The van der Waals surface area contributed by atoms with E-state index < -0.39 is 73.9 Å². The number of rotatable bonds is 7. The van der Waals surface area contributed by atoms with Crippen LogP contribution in [0.25, 0.3) is 5.83 Å². The monoisotopic (exact) mass is 613 g/mol. The molecular formula is C22H17Cl3F7NO3S. The molecule has 2 rings (SSSR count). The molecule has 2 aromatic rings. The lowest BCUT2D eigenvalue weighted by atomic mass is 9.95. The molecular weight excluding hydrogens is 598 g/mol. The molecule has 2 aromatic carbocycles. The predicted octanol–water partition coefficient (Wildman–Crippen LogP) is 7.49. The molecule has 4 nitrogen and oxygen atoms in total. The number of carbonyl (C=O) groups excluding carboxylic acids is 1. The third kappa shape index (κ3) is 8.49. The molecule has 0 bridgehead atoms. The summed E-state index contributed by atoms with van der Waals surface area (Å²) in [6.45, 7) is 1.25. The van der Waals surface area contributed by atoms with Crippen molar-refractivity contribution in [3.8, 4) is 0 Å². The maximum Gasteiger partial charge on any atom is 0.417 e. The molecule has 0 aromatic heterocycles. The van der Waals surface area contributed by atoms with Crippen molar-refractivity contribution in [1.82, 2.24) is 5.32 Å². The van der Waals surface area contributed by atoms with Crippen molar-refractivity contribution >= 4 is 56.4 Å². The molecule has 37 heavy (non-hydrogen) atoms. The molecule has 0 fully saturated rings. The largest absolute Gasteiger partial charge is 0.417 e. The standard InChI is InChI=1S/C22H17Cl3F7NO3S/c1-10(9-37(2,35)36)33-20(34)13-4-3-11(5-15(13)22(30,31)32)18(26)8-14(21(27,28)29)12-6-16(23)19(25)17(24)7-12/h3-8,10,14H,9H2,1-2H3,(H,33,34)/b18-8-/t10-,14?/m1/s1. The van der Waals surface area contributed by atoms with Crippen LogP contribution in [0, 0.1) is 0 Å². The average Bonchev–Trinajstić information content (AvgIpc) is 2.72. The highest BCUT2D eigenvalue weighted by Gasteiger charge is 2.41. The Hall–Kier alpha value is -2.02. The van der Waals surface area contributed by atoms with Gasteiger partial charge < -0.3 is 5.32 Å². The second-order valence-electron chi connectivity index (χ2n) is 8.06. The van der Waals surface area contributed by atoms with Gasteiger partial charge in [0.25, 0.3) is 5.91 Å². The molecule has 15 heteroatoms. The number of alkyl halides is 6. The van der Waals surface area contributed by atoms with Gasteiger partial charge in [0, 0.05) is 17.9 Å². The van der Waals surface area contributed by atoms with Crippen LogP contribution in [0.3, 0.4) is 0 Å². The van der Waals surface area contributed by atoms with Gasteiger partial charge in [-0.1, -0.05) is 40.9 Å². The van der Waals surface area contributed by atoms with Crippen LogP contribution < -0.4 is 5.32 Å². The summed E-state index contributed by atoms with van der Waals surface area (Å²) in [7, 11) is -3.57. The SMILES string of the molecule is C[C@H](CS(C)(=O)=O)NC(=O)c1ccc(/C(F)=C/C(c2cc(Cl)c(Cl)c(Cl)c2)C(F)(F)F)cc1C(F)(F)F. The van der Waals surface area contributed by atoms with Crippen molar-refractivity contribution in [2.24, 2.45) is 0 Å². The van der Waals surface area contributed by atoms with Gasteiger partial charge in [-0.2, -0.15) is 26.3 Å². The Kier molecular flexibility index (Phi) is 9.60. The van der Waals surface area contributed by atoms with E-state index in [0.717, 1.165) is 18.4 Å². The summed E-state index contributed by atoms with van der Waals surface area (Å²) in [6.07, 6.45) is -9.40. The zero-order chi connectivity index (χ0) is 28.5. The van der Waals surface area contributed by atoms with E-state index in [9.17, 15) is 43.9 Å². The molecule has 204 valence electrons. The van der Waals surface area contributed by atoms with Crippen LogP contribution in [0.1, 0.15) is 39.9 Å². The first kappa shape index (κ1) is 31.2. The Morgan fingerprint density at radius 1 is 1.03 bits per heavy atom. The topological polar surface area (TPSA) is 63.2 Å². The zero-order valence-electron chi connectivity index (χ0n) is 18.7. The Morgan fingerprint density at radius 3 is 2.03 bits per heavy atom. The van der Waals surface area contributed by atoms with Gasteiger partial charge in [0.15, 0.2) is 0 Å². The molecule has 0 saturated carbocycles. The van der Waals surface area contributed by atoms with Gasteiger partial charge in [-0.3, -0.25) is 4.79 Å². The van der Waals surface area contributed by atoms with Gasteiger partial charge in [-0.05, 0) is 42.8 Å². The van der Waals surface area contributed by atoms with E-state index in [1.807, 2.05) is 0 Å². The number of allylic oxidation sites excluding steroid dienone is 1. The third-order valence-electron chi connectivity index (χ3n) is 4.81. The number of halogens is 10. The van der Waals surface area contributed by atoms with Crippen molar-refractivity contribution in [3.05, 3.63) is 73.7 Å². The maximum atomic E-state index is 14.9. The van der Waals surface area contributed by atoms with Crippen LogP contribution >= 0.6 is 34.8 Å². The first-order valence-corrected chi connectivity index (χ1v) is 13.2. The maximum absolute atomic E-state index is 14.9. The highest BCUT2D eigenvalue weighted by atomic mass is 35.5. The third-order valence-corrected chi connectivity index (χ3v) is 7.11. The lowest BCUT2D eigenvalue weighted by Gasteiger charge is -2.19. The highest BCUT2D eigenvalue weighted by molar-refractivity contribution is 7.90. The summed E-state index contributed by atoms with van der Waals surface area (Å²) < 4.78 is 120. The predicted molar refractivity (Wildman–Crippen MR) is 127 cm³/mol. The van der Waals surface area contributed by atoms with Gasteiger partial charge in [-0.15, -0.1) is 0 Å². The fourth-order valence-corrected chi connectivity index (χ4v) is 4.90. The van der Waals surface area contributed by atoms with Crippen LogP contribution in [-0.4, -0.2) is 38.6 Å². The summed E-state index contributed by atoms with van der Waals surface area (Å²) in [5.74, 6) is -6.20. The Bertz CT molecular complexity index is 1300. The van der Waals surface area contributed by atoms with E-state index in [1.54, 1.807) is 0 Å². The van der Waals surface area contributed by atoms with Crippen LogP contribution in [-0.2, 0) is 16.0 Å². The first-order valence-electron chi connectivity index (χ1n) is 9.99. The van der Waals surface area contributed by atoms with Gasteiger partial charge in [0.2, 0.25) is 0 Å². The van der Waals surface area contributed by atoms with E-state index in [2.05, 4.69) is 5.32 Å². The Labute approximate surface area is 222 Å². The molecule has 1 amide bonds. The smallest absolute Gasteiger partial charge is 0.349 e. The quantitative estimate of drug-likeness (QED) is 0.260. The van der Waals surface area contributed by atoms with Crippen LogP contribution in [0.15, 0.2) is 36.4 Å². The zero-order valence-corrected chi connectivity index (χ0v) is 21.8. The molecule has 0 aliphatic heterocycles. The number of hydrogen-bond donors (Lipinski definition) is 1. The number of amides is 1. The fourth-order valence-electron chi connectivity index (χ4n) is 3.30. The van der Waals surface area contributed by atoms with E-state index in [4.69, 9.17) is 34.8 Å². The summed E-state index contributed by atoms with van der Waals surface area (Å²) >= 11 is 17.3. The number of carbonyl (C=O) groups is 1. The summed E-state index contributed by atoms with van der Waals surface area (Å²) in [6, 6.07) is 1.97. The van der Waals surface area contributed by atoms with Crippen LogP contribution in [0.5, 0.6) is 0 Å². The lowest BCUT2D eigenvalue weighted by molar-refractivity contribution is -0.140. The average molecular weight is 615 g/mol. The first-order chi connectivity index (χ1) is 16.7. The number of sulfone groups is 1. The van der Waals surface area contributed by atoms with Crippen molar-refractivity contribution in [2.75, 3.05) is 12.0 Å². The molecule has 0 spiro atoms. The number of hydrogen-bond acceptors (Lipinski definition) is 3. The van der Waals surface area contributed by atoms with Crippen molar-refractivity contribution in [2.45, 2.75) is 31.2 Å². The molecule has 0 saturated heterocycles. The summed E-state index contributed by atoms with van der Waals surface area (Å²) in [5.41, 5.74) is -4.13. The number of benzene rings is 2. The second kappa shape index (κ2) is 11.4. The van der Waals surface area contributed by atoms with Gasteiger partial charge in [0.1, 0.15) is 21.6 Å². The van der Waals surface area contributed by atoms with E-state index in [-0.39, 0.29) is 27.2 Å². The molecule has 1 N–H and O–H groups in total. The van der Waals surface area contributed by atoms with Crippen LogP contribution in [0.4, 0.5) is 30.7 Å². The molecule has 2 atom stereocenters.